The summed E-state index contributed by atoms with van der Waals surface area (Å²) in [5, 5.41) is 0. The summed E-state index contributed by atoms with van der Waals surface area (Å²) in [6, 6.07) is 8.33. The minimum atomic E-state index is 0.155. The average Bonchev–Trinajstić information content (AvgIpc) is 3.10. The Morgan fingerprint density at radius 1 is 1.33 bits per heavy atom. The van der Waals surface area contributed by atoms with Crippen LogP contribution in [0.1, 0.15) is 37.8 Å². The van der Waals surface area contributed by atoms with Gasteiger partial charge in [0.25, 0.3) is 0 Å². The fourth-order valence-electron chi connectivity index (χ4n) is 1.55. The highest BCUT2D eigenvalue weighted by Crippen LogP contribution is 2.29. The van der Waals surface area contributed by atoms with Crippen molar-refractivity contribution in [2.24, 2.45) is 11.7 Å². The van der Waals surface area contributed by atoms with Gasteiger partial charge in [-0.1, -0.05) is 19.1 Å². The molecule has 82 valence electrons. The van der Waals surface area contributed by atoms with Crippen molar-refractivity contribution >= 4 is 0 Å². The number of rotatable bonds is 5. The zero-order valence-corrected chi connectivity index (χ0v) is 9.28. The van der Waals surface area contributed by atoms with Crippen molar-refractivity contribution in [3.05, 3.63) is 29.8 Å². The number of nitrogens with two attached hydrogens (primary N) is 1. The summed E-state index contributed by atoms with van der Waals surface area (Å²) in [7, 11) is 0. The molecule has 1 saturated carbocycles. The zero-order valence-electron chi connectivity index (χ0n) is 9.28. The molecule has 2 heteroatoms. The molecule has 0 saturated heterocycles. The third-order valence-corrected chi connectivity index (χ3v) is 2.93. The topological polar surface area (TPSA) is 35.2 Å². The van der Waals surface area contributed by atoms with Gasteiger partial charge in [0.05, 0.1) is 6.61 Å². The standard InChI is InChI=1S/C13H19NO/c1-2-13(14)11-5-7-12(8-6-11)15-9-10-3-4-10/h5-8,10,13H,2-4,9,14H2,1H3. The highest BCUT2D eigenvalue weighted by atomic mass is 16.5. The Bertz CT molecular complexity index is 303. The van der Waals surface area contributed by atoms with Gasteiger partial charge in [-0.25, -0.2) is 0 Å². The van der Waals surface area contributed by atoms with Crippen LogP contribution in [-0.2, 0) is 0 Å². The molecule has 1 aromatic carbocycles. The molecule has 2 nitrogen and oxygen atoms in total. The SMILES string of the molecule is CCC(N)c1ccc(OCC2CC2)cc1. The van der Waals surface area contributed by atoms with Crippen LogP contribution in [0.3, 0.4) is 0 Å². The summed E-state index contributed by atoms with van der Waals surface area (Å²) in [6.07, 6.45) is 3.64. The molecule has 0 aliphatic heterocycles. The number of ether oxygens (including phenoxy) is 1. The number of benzene rings is 1. The maximum absolute atomic E-state index is 5.94. The fourth-order valence-corrected chi connectivity index (χ4v) is 1.55. The van der Waals surface area contributed by atoms with Crippen molar-refractivity contribution < 1.29 is 4.74 Å². The first-order valence-electron chi connectivity index (χ1n) is 5.78. The largest absolute Gasteiger partial charge is 0.493 e. The van der Waals surface area contributed by atoms with Crippen LogP contribution in [0.4, 0.5) is 0 Å². The zero-order chi connectivity index (χ0) is 10.7. The maximum Gasteiger partial charge on any atom is 0.119 e. The summed E-state index contributed by atoms with van der Waals surface area (Å²) in [4.78, 5) is 0. The van der Waals surface area contributed by atoms with Crippen molar-refractivity contribution in [3.8, 4) is 5.75 Å². The van der Waals surface area contributed by atoms with Gasteiger partial charge in [-0.15, -0.1) is 0 Å². The van der Waals surface area contributed by atoms with Crippen molar-refractivity contribution in [3.63, 3.8) is 0 Å². The van der Waals surface area contributed by atoms with Gasteiger partial charge in [-0.2, -0.15) is 0 Å². The summed E-state index contributed by atoms with van der Waals surface area (Å²) in [6.45, 7) is 2.97. The highest BCUT2D eigenvalue weighted by molar-refractivity contribution is 5.29. The Balaban J connectivity index is 1.90. The quantitative estimate of drug-likeness (QED) is 0.802. The molecule has 2 rings (SSSR count). The summed E-state index contributed by atoms with van der Waals surface area (Å²) < 4.78 is 5.66. The molecule has 0 aromatic heterocycles. The average molecular weight is 205 g/mol. The molecule has 0 heterocycles. The molecule has 0 amide bonds. The third kappa shape index (κ3) is 2.96. The second kappa shape index (κ2) is 4.67. The van der Waals surface area contributed by atoms with Crippen LogP contribution in [0.25, 0.3) is 0 Å². The molecule has 1 fully saturated rings. The van der Waals surface area contributed by atoms with Crippen molar-refractivity contribution in [2.45, 2.75) is 32.2 Å². The van der Waals surface area contributed by atoms with E-state index in [4.69, 9.17) is 10.5 Å². The lowest BCUT2D eigenvalue weighted by Gasteiger charge is -2.10. The Morgan fingerprint density at radius 2 is 2.00 bits per heavy atom. The van der Waals surface area contributed by atoms with Crippen LogP contribution in [-0.4, -0.2) is 6.61 Å². The first kappa shape index (κ1) is 10.5. The second-order valence-electron chi connectivity index (χ2n) is 4.34. The lowest BCUT2D eigenvalue weighted by molar-refractivity contribution is 0.299. The normalized spacial score (nSPS) is 17.5. The van der Waals surface area contributed by atoms with E-state index in [0.717, 1.165) is 24.7 Å². The van der Waals surface area contributed by atoms with E-state index < -0.39 is 0 Å². The Labute approximate surface area is 91.4 Å². The van der Waals surface area contributed by atoms with Gasteiger partial charge in [-0.3, -0.25) is 0 Å². The predicted molar refractivity (Wildman–Crippen MR) is 61.9 cm³/mol. The van der Waals surface area contributed by atoms with Crippen LogP contribution in [0.5, 0.6) is 5.75 Å². The van der Waals surface area contributed by atoms with E-state index in [1.54, 1.807) is 0 Å². The predicted octanol–water partition coefficient (Wildman–Crippen LogP) is 2.89. The van der Waals surface area contributed by atoms with Crippen molar-refractivity contribution in [1.29, 1.82) is 0 Å². The third-order valence-electron chi connectivity index (χ3n) is 2.93. The van der Waals surface area contributed by atoms with Crippen LogP contribution in [0.15, 0.2) is 24.3 Å². The van der Waals surface area contributed by atoms with Crippen LogP contribution >= 0.6 is 0 Å². The molecule has 0 bridgehead atoms. The van der Waals surface area contributed by atoms with Crippen LogP contribution in [0, 0.1) is 5.92 Å². The minimum absolute atomic E-state index is 0.155. The molecule has 1 aromatic rings. The van der Waals surface area contributed by atoms with Crippen molar-refractivity contribution in [2.75, 3.05) is 6.61 Å². The second-order valence-corrected chi connectivity index (χ2v) is 4.34. The monoisotopic (exact) mass is 205 g/mol. The van der Waals surface area contributed by atoms with E-state index in [1.165, 1.54) is 18.4 Å². The lowest BCUT2D eigenvalue weighted by atomic mass is 10.1. The maximum atomic E-state index is 5.94. The fraction of sp³-hybridized carbons (Fsp3) is 0.538. The van der Waals surface area contributed by atoms with E-state index in [1.807, 2.05) is 12.1 Å². The molecular formula is C13H19NO. The van der Waals surface area contributed by atoms with Gasteiger partial charge >= 0.3 is 0 Å². The molecule has 15 heavy (non-hydrogen) atoms. The first-order valence-corrected chi connectivity index (χ1v) is 5.78. The molecule has 1 unspecified atom stereocenters. The minimum Gasteiger partial charge on any atom is -0.493 e. The van der Waals surface area contributed by atoms with E-state index in [-0.39, 0.29) is 6.04 Å². The first-order chi connectivity index (χ1) is 7.29. The molecule has 1 atom stereocenters. The molecule has 1 aliphatic carbocycles. The number of hydrogen-bond acceptors (Lipinski definition) is 2. The molecule has 0 spiro atoms. The Hall–Kier alpha value is -1.02. The smallest absolute Gasteiger partial charge is 0.119 e. The van der Waals surface area contributed by atoms with Crippen LogP contribution in [0.2, 0.25) is 0 Å². The molecular weight excluding hydrogens is 186 g/mol. The molecule has 0 radical (unpaired) electrons. The van der Waals surface area contributed by atoms with E-state index in [0.29, 0.717) is 0 Å². The van der Waals surface area contributed by atoms with E-state index in [2.05, 4.69) is 19.1 Å². The van der Waals surface area contributed by atoms with Gasteiger partial charge in [0.2, 0.25) is 0 Å². The van der Waals surface area contributed by atoms with Gasteiger partial charge in [0.1, 0.15) is 5.75 Å². The summed E-state index contributed by atoms with van der Waals surface area (Å²) in [5.74, 6) is 1.77. The highest BCUT2D eigenvalue weighted by Gasteiger charge is 2.21. The number of hydrogen-bond donors (Lipinski definition) is 1. The van der Waals surface area contributed by atoms with Gasteiger partial charge in [0.15, 0.2) is 0 Å². The van der Waals surface area contributed by atoms with Gasteiger partial charge in [0, 0.05) is 6.04 Å². The van der Waals surface area contributed by atoms with E-state index in [9.17, 15) is 0 Å². The molecule has 1 aliphatic rings. The van der Waals surface area contributed by atoms with Crippen molar-refractivity contribution in [1.82, 2.24) is 0 Å². The Morgan fingerprint density at radius 3 is 2.53 bits per heavy atom. The molecule has 2 N–H and O–H groups in total. The van der Waals surface area contributed by atoms with E-state index >= 15 is 0 Å². The van der Waals surface area contributed by atoms with Gasteiger partial charge in [-0.05, 0) is 42.9 Å². The summed E-state index contributed by atoms with van der Waals surface area (Å²) in [5.41, 5.74) is 7.13. The Kier molecular flexibility index (Phi) is 3.27. The lowest BCUT2D eigenvalue weighted by Crippen LogP contribution is -2.08. The van der Waals surface area contributed by atoms with Crippen LogP contribution < -0.4 is 10.5 Å². The summed E-state index contributed by atoms with van der Waals surface area (Å²) >= 11 is 0. The van der Waals surface area contributed by atoms with Gasteiger partial charge < -0.3 is 10.5 Å².